The van der Waals surface area contributed by atoms with Crippen molar-refractivity contribution in [1.29, 1.82) is 0 Å². The average molecular weight is 273 g/mol. The molecule has 0 saturated heterocycles. The first-order valence-corrected chi connectivity index (χ1v) is 6.98. The average Bonchev–Trinajstić information content (AvgIpc) is 2.45. The molecular formula is C16H20FN3. The van der Waals surface area contributed by atoms with Gasteiger partial charge in [-0.3, -0.25) is 0 Å². The van der Waals surface area contributed by atoms with Gasteiger partial charge in [0.1, 0.15) is 18.0 Å². The van der Waals surface area contributed by atoms with Crippen LogP contribution in [0.25, 0.3) is 11.3 Å². The molecule has 0 amide bonds. The molecule has 1 N–H and O–H groups in total. The molecule has 0 spiro atoms. The molecule has 0 aliphatic heterocycles. The second-order valence-electron chi connectivity index (χ2n) is 5.05. The Morgan fingerprint density at radius 2 is 1.95 bits per heavy atom. The summed E-state index contributed by atoms with van der Waals surface area (Å²) in [6.45, 7) is 7.08. The van der Waals surface area contributed by atoms with Gasteiger partial charge in [-0.1, -0.05) is 32.9 Å². The first-order valence-electron chi connectivity index (χ1n) is 6.98. The highest BCUT2D eigenvalue weighted by molar-refractivity contribution is 5.69. The molecule has 0 unspecified atom stereocenters. The van der Waals surface area contributed by atoms with Crippen molar-refractivity contribution in [2.45, 2.75) is 33.1 Å². The molecule has 0 aliphatic carbocycles. The molecule has 20 heavy (non-hydrogen) atoms. The van der Waals surface area contributed by atoms with Gasteiger partial charge in [0, 0.05) is 17.7 Å². The fraction of sp³-hybridized carbons (Fsp3) is 0.375. The highest BCUT2D eigenvalue weighted by Gasteiger charge is 2.18. The second-order valence-corrected chi connectivity index (χ2v) is 5.05. The van der Waals surface area contributed by atoms with Crippen LogP contribution >= 0.6 is 0 Å². The molecule has 1 aromatic carbocycles. The quantitative estimate of drug-likeness (QED) is 0.886. The standard InChI is InChI=1S/C16H20FN3/c1-4-9-18-16-14(11(2)3)15(19-10-20-16)12-7-5-6-8-13(12)17/h5-8,10-11H,4,9H2,1-3H3,(H,18,19,20). The Kier molecular flexibility index (Phi) is 4.66. The summed E-state index contributed by atoms with van der Waals surface area (Å²) < 4.78 is 14.0. The number of rotatable bonds is 5. The van der Waals surface area contributed by atoms with E-state index >= 15 is 0 Å². The third kappa shape index (κ3) is 2.95. The Morgan fingerprint density at radius 3 is 2.60 bits per heavy atom. The SMILES string of the molecule is CCCNc1ncnc(-c2ccccc2F)c1C(C)C. The van der Waals surface area contributed by atoms with E-state index in [1.165, 1.54) is 12.4 Å². The van der Waals surface area contributed by atoms with Crippen molar-refractivity contribution in [2.75, 3.05) is 11.9 Å². The van der Waals surface area contributed by atoms with Gasteiger partial charge in [0.2, 0.25) is 0 Å². The minimum atomic E-state index is -0.255. The number of benzene rings is 1. The molecular weight excluding hydrogens is 253 g/mol. The zero-order valence-electron chi connectivity index (χ0n) is 12.2. The summed E-state index contributed by atoms with van der Waals surface area (Å²) >= 11 is 0. The smallest absolute Gasteiger partial charge is 0.133 e. The fourth-order valence-corrected chi connectivity index (χ4v) is 2.19. The molecule has 0 fully saturated rings. The van der Waals surface area contributed by atoms with Gasteiger partial charge < -0.3 is 5.32 Å². The van der Waals surface area contributed by atoms with Crippen molar-refractivity contribution in [3.63, 3.8) is 0 Å². The van der Waals surface area contributed by atoms with Gasteiger partial charge in [-0.05, 0) is 24.5 Å². The second kappa shape index (κ2) is 6.46. The van der Waals surface area contributed by atoms with E-state index in [0.29, 0.717) is 11.3 Å². The number of hydrogen-bond acceptors (Lipinski definition) is 3. The Hall–Kier alpha value is -1.97. The van der Waals surface area contributed by atoms with E-state index in [-0.39, 0.29) is 11.7 Å². The molecule has 0 saturated carbocycles. The molecule has 0 radical (unpaired) electrons. The minimum absolute atomic E-state index is 0.213. The third-order valence-corrected chi connectivity index (χ3v) is 3.13. The van der Waals surface area contributed by atoms with Crippen LogP contribution in [0, 0.1) is 5.82 Å². The predicted molar refractivity (Wildman–Crippen MR) is 80.3 cm³/mol. The van der Waals surface area contributed by atoms with Gasteiger partial charge in [-0.15, -0.1) is 0 Å². The molecule has 106 valence electrons. The summed E-state index contributed by atoms with van der Waals surface area (Å²) in [5.41, 5.74) is 2.16. The Bertz CT molecular complexity index is 582. The number of nitrogens with one attached hydrogen (secondary N) is 1. The highest BCUT2D eigenvalue weighted by atomic mass is 19.1. The molecule has 2 rings (SSSR count). The van der Waals surface area contributed by atoms with E-state index in [1.54, 1.807) is 12.1 Å². The predicted octanol–water partition coefficient (Wildman–Crippen LogP) is 4.23. The summed E-state index contributed by atoms with van der Waals surface area (Å²) in [6.07, 6.45) is 2.50. The molecule has 3 nitrogen and oxygen atoms in total. The number of hydrogen-bond donors (Lipinski definition) is 1. The first kappa shape index (κ1) is 14.4. The van der Waals surface area contributed by atoms with E-state index in [1.807, 2.05) is 6.07 Å². The normalized spacial score (nSPS) is 10.8. The molecule has 0 bridgehead atoms. The van der Waals surface area contributed by atoms with Crippen LogP contribution in [0.5, 0.6) is 0 Å². The fourth-order valence-electron chi connectivity index (χ4n) is 2.19. The first-order chi connectivity index (χ1) is 9.65. The van der Waals surface area contributed by atoms with E-state index in [0.717, 1.165) is 24.3 Å². The maximum Gasteiger partial charge on any atom is 0.133 e. The van der Waals surface area contributed by atoms with E-state index in [2.05, 4.69) is 36.1 Å². The largest absolute Gasteiger partial charge is 0.370 e. The molecule has 0 atom stereocenters. The van der Waals surface area contributed by atoms with Gasteiger partial charge in [0.15, 0.2) is 0 Å². The van der Waals surface area contributed by atoms with Crippen molar-refractivity contribution in [1.82, 2.24) is 9.97 Å². The Labute approximate surface area is 119 Å². The van der Waals surface area contributed by atoms with Gasteiger partial charge in [-0.25, -0.2) is 14.4 Å². The number of halogens is 1. The van der Waals surface area contributed by atoms with E-state index < -0.39 is 0 Å². The van der Waals surface area contributed by atoms with Gasteiger partial charge in [0.05, 0.1) is 5.69 Å². The number of nitrogens with zero attached hydrogens (tertiary/aromatic N) is 2. The van der Waals surface area contributed by atoms with E-state index in [4.69, 9.17) is 0 Å². The van der Waals surface area contributed by atoms with Gasteiger partial charge in [-0.2, -0.15) is 0 Å². The van der Waals surface area contributed by atoms with Crippen molar-refractivity contribution in [3.05, 3.63) is 42.0 Å². The summed E-state index contributed by atoms with van der Waals surface area (Å²) in [7, 11) is 0. The zero-order valence-corrected chi connectivity index (χ0v) is 12.2. The van der Waals surface area contributed by atoms with Crippen LogP contribution in [-0.4, -0.2) is 16.5 Å². The third-order valence-electron chi connectivity index (χ3n) is 3.13. The lowest BCUT2D eigenvalue weighted by Crippen LogP contribution is -2.09. The van der Waals surface area contributed by atoms with Crippen LogP contribution in [0.15, 0.2) is 30.6 Å². The molecule has 4 heteroatoms. The lowest BCUT2D eigenvalue weighted by Gasteiger charge is -2.17. The summed E-state index contributed by atoms with van der Waals surface area (Å²) in [5.74, 6) is 0.759. The Morgan fingerprint density at radius 1 is 1.20 bits per heavy atom. The maximum atomic E-state index is 14.0. The van der Waals surface area contributed by atoms with Crippen LogP contribution < -0.4 is 5.32 Å². The molecule has 1 aromatic heterocycles. The monoisotopic (exact) mass is 273 g/mol. The van der Waals surface area contributed by atoms with Crippen molar-refractivity contribution in [3.8, 4) is 11.3 Å². The van der Waals surface area contributed by atoms with Gasteiger partial charge in [0.25, 0.3) is 0 Å². The lowest BCUT2D eigenvalue weighted by molar-refractivity contribution is 0.630. The van der Waals surface area contributed by atoms with Crippen LogP contribution in [0.2, 0.25) is 0 Å². The molecule has 2 aromatic rings. The van der Waals surface area contributed by atoms with Crippen LogP contribution in [0.3, 0.4) is 0 Å². The number of anilines is 1. The van der Waals surface area contributed by atoms with Crippen LogP contribution in [0.1, 0.15) is 38.7 Å². The van der Waals surface area contributed by atoms with E-state index in [9.17, 15) is 4.39 Å². The van der Waals surface area contributed by atoms with Crippen molar-refractivity contribution in [2.24, 2.45) is 0 Å². The summed E-state index contributed by atoms with van der Waals surface area (Å²) in [4.78, 5) is 8.62. The highest BCUT2D eigenvalue weighted by Crippen LogP contribution is 2.32. The summed E-state index contributed by atoms with van der Waals surface area (Å²) in [5, 5.41) is 3.30. The maximum absolute atomic E-state index is 14.0. The molecule has 0 aliphatic rings. The topological polar surface area (TPSA) is 37.8 Å². The molecule has 1 heterocycles. The van der Waals surface area contributed by atoms with Crippen molar-refractivity contribution < 1.29 is 4.39 Å². The lowest BCUT2D eigenvalue weighted by atomic mass is 9.97. The zero-order chi connectivity index (χ0) is 14.5. The van der Waals surface area contributed by atoms with Crippen molar-refractivity contribution >= 4 is 5.82 Å². The van der Waals surface area contributed by atoms with Crippen LogP contribution in [0.4, 0.5) is 10.2 Å². The Balaban J connectivity index is 2.55. The summed E-state index contributed by atoms with van der Waals surface area (Å²) in [6, 6.07) is 6.73. The van der Waals surface area contributed by atoms with Crippen LogP contribution in [-0.2, 0) is 0 Å². The van der Waals surface area contributed by atoms with Gasteiger partial charge >= 0.3 is 0 Å². The minimum Gasteiger partial charge on any atom is -0.370 e. The number of aromatic nitrogens is 2.